The average Bonchev–Trinajstić information content (AvgIpc) is 2.23. The summed E-state index contributed by atoms with van der Waals surface area (Å²) in [6.45, 7) is 6.06. The number of nitrogens with zero attached hydrogens (tertiary/aromatic N) is 2. The molecule has 1 heterocycles. The van der Waals surface area contributed by atoms with Gasteiger partial charge >= 0.3 is 0 Å². The Balaban J connectivity index is 2.32. The summed E-state index contributed by atoms with van der Waals surface area (Å²) in [7, 11) is 0. The second-order valence-corrected chi connectivity index (χ2v) is 4.37. The third-order valence-corrected chi connectivity index (χ3v) is 2.45. The summed E-state index contributed by atoms with van der Waals surface area (Å²) in [5.41, 5.74) is -0.267. The molecule has 4 nitrogen and oxygen atoms in total. The van der Waals surface area contributed by atoms with Crippen molar-refractivity contribution in [1.82, 2.24) is 9.55 Å². The van der Waals surface area contributed by atoms with Gasteiger partial charge in [-0.25, -0.2) is 4.98 Å². The zero-order valence-electron chi connectivity index (χ0n) is 9.65. The van der Waals surface area contributed by atoms with Gasteiger partial charge < -0.3 is 9.30 Å². The predicted octanol–water partition coefficient (Wildman–Crippen LogP) is 1.96. The van der Waals surface area contributed by atoms with Gasteiger partial charge in [-0.3, -0.25) is 4.79 Å². The molecule has 1 rings (SSSR count). The molecule has 0 saturated carbocycles. The van der Waals surface area contributed by atoms with E-state index >= 15 is 0 Å². The zero-order valence-corrected chi connectivity index (χ0v) is 10.4. The average molecular weight is 245 g/mol. The second-order valence-electron chi connectivity index (χ2n) is 4.01. The van der Waals surface area contributed by atoms with E-state index in [1.54, 1.807) is 6.20 Å². The van der Waals surface area contributed by atoms with Crippen molar-refractivity contribution in [1.29, 1.82) is 0 Å². The molecule has 0 aliphatic heterocycles. The lowest BCUT2D eigenvalue weighted by Gasteiger charge is -2.07. The second kappa shape index (κ2) is 6.66. The monoisotopic (exact) mass is 244 g/mol. The smallest absolute Gasteiger partial charge is 0.288 e. The van der Waals surface area contributed by atoms with Crippen molar-refractivity contribution in [2.24, 2.45) is 5.92 Å². The van der Waals surface area contributed by atoms with E-state index in [0.717, 1.165) is 13.0 Å². The Bertz CT molecular complexity index is 376. The standard InChI is InChI=1S/C11H17ClN2O2/c1-9(2)3-7-16-8-6-14-5-4-13-10(12)11(14)15/h4-5,9H,3,6-8H2,1-2H3. The number of aromatic nitrogens is 2. The fourth-order valence-electron chi connectivity index (χ4n) is 1.18. The van der Waals surface area contributed by atoms with E-state index in [2.05, 4.69) is 18.8 Å². The summed E-state index contributed by atoms with van der Waals surface area (Å²) in [5, 5.41) is 0.00433. The van der Waals surface area contributed by atoms with Crippen molar-refractivity contribution in [3.05, 3.63) is 27.9 Å². The van der Waals surface area contributed by atoms with Gasteiger partial charge in [0, 0.05) is 25.5 Å². The topological polar surface area (TPSA) is 44.1 Å². The number of hydrogen-bond acceptors (Lipinski definition) is 3. The highest BCUT2D eigenvalue weighted by Gasteiger charge is 2.01. The number of halogens is 1. The van der Waals surface area contributed by atoms with Crippen LogP contribution in [0.2, 0.25) is 5.15 Å². The molecular formula is C11H17ClN2O2. The summed E-state index contributed by atoms with van der Waals surface area (Å²) < 4.78 is 6.92. The first kappa shape index (κ1) is 13.2. The molecule has 0 amide bonds. The van der Waals surface area contributed by atoms with Gasteiger partial charge in [-0.1, -0.05) is 25.4 Å². The van der Waals surface area contributed by atoms with Crippen LogP contribution in [0.4, 0.5) is 0 Å². The minimum absolute atomic E-state index is 0.00433. The molecule has 16 heavy (non-hydrogen) atoms. The maximum atomic E-state index is 11.5. The predicted molar refractivity (Wildman–Crippen MR) is 63.8 cm³/mol. The van der Waals surface area contributed by atoms with Crippen molar-refractivity contribution in [3.63, 3.8) is 0 Å². The maximum absolute atomic E-state index is 11.5. The molecule has 0 aliphatic carbocycles. The molecule has 1 aromatic rings. The van der Waals surface area contributed by atoms with E-state index in [4.69, 9.17) is 16.3 Å². The summed E-state index contributed by atoms with van der Waals surface area (Å²) >= 11 is 5.61. The van der Waals surface area contributed by atoms with Gasteiger partial charge in [0.1, 0.15) is 0 Å². The fourth-order valence-corrected chi connectivity index (χ4v) is 1.35. The number of rotatable bonds is 6. The molecule has 0 fully saturated rings. The van der Waals surface area contributed by atoms with E-state index in [9.17, 15) is 4.79 Å². The Morgan fingerprint density at radius 2 is 2.25 bits per heavy atom. The Hall–Kier alpha value is -0.870. The van der Waals surface area contributed by atoms with Crippen LogP contribution in [0.3, 0.4) is 0 Å². The summed E-state index contributed by atoms with van der Waals surface area (Å²) in [6, 6.07) is 0. The molecule has 0 N–H and O–H groups in total. The molecule has 5 heteroatoms. The minimum atomic E-state index is -0.267. The molecule has 0 aromatic carbocycles. The highest BCUT2D eigenvalue weighted by atomic mass is 35.5. The highest BCUT2D eigenvalue weighted by molar-refractivity contribution is 6.29. The molecule has 90 valence electrons. The van der Waals surface area contributed by atoms with E-state index in [1.807, 2.05) is 0 Å². The third-order valence-electron chi connectivity index (χ3n) is 2.19. The molecule has 1 aromatic heterocycles. The first-order chi connectivity index (χ1) is 7.61. The van der Waals surface area contributed by atoms with Crippen LogP contribution in [-0.2, 0) is 11.3 Å². The number of hydrogen-bond donors (Lipinski definition) is 0. The van der Waals surface area contributed by atoms with Crippen molar-refractivity contribution in [2.45, 2.75) is 26.8 Å². The van der Waals surface area contributed by atoms with Gasteiger partial charge in [-0.15, -0.1) is 0 Å². The van der Waals surface area contributed by atoms with E-state index in [-0.39, 0.29) is 10.7 Å². The molecule has 0 atom stereocenters. The van der Waals surface area contributed by atoms with Crippen LogP contribution < -0.4 is 5.56 Å². The van der Waals surface area contributed by atoms with Crippen LogP contribution in [0.1, 0.15) is 20.3 Å². The number of ether oxygens (including phenoxy) is 1. The van der Waals surface area contributed by atoms with Crippen LogP contribution in [0.5, 0.6) is 0 Å². The Kier molecular flexibility index (Phi) is 5.49. The summed E-state index contributed by atoms with van der Waals surface area (Å²) in [5.74, 6) is 0.637. The van der Waals surface area contributed by atoms with E-state index < -0.39 is 0 Å². The lowest BCUT2D eigenvalue weighted by atomic mass is 10.1. The maximum Gasteiger partial charge on any atom is 0.288 e. The molecular weight excluding hydrogens is 228 g/mol. The molecule has 0 bridgehead atoms. The highest BCUT2D eigenvalue weighted by Crippen LogP contribution is 1.99. The first-order valence-electron chi connectivity index (χ1n) is 5.40. The molecule has 0 unspecified atom stereocenters. The van der Waals surface area contributed by atoms with Crippen molar-refractivity contribution >= 4 is 11.6 Å². The lowest BCUT2D eigenvalue weighted by Crippen LogP contribution is -2.23. The van der Waals surface area contributed by atoms with E-state index in [0.29, 0.717) is 19.1 Å². The summed E-state index contributed by atoms with van der Waals surface area (Å²) in [4.78, 5) is 15.2. The van der Waals surface area contributed by atoms with Crippen molar-refractivity contribution < 1.29 is 4.74 Å². The lowest BCUT2D eigenvalue weighted by molar-refractivity contribution is 0.115. The van der Waals surface area contributed by atoms with E-state index in [1.165, 1.54) is 10.8 Å². The Morgan fingerprint density at radius 1 is 1.50 bits per heavy atom. The third kappa shape index (κ3) is 4.33. The molecule has 0 saturated heterocycles. The van der Waals surface area contributed by atoms with Crippen molar-refractivity contribution in [2.75, 3.05) is 13.2 Å². The SMILES string of the molecule is CC(C)CCOCCn1ccnc(Cl)c1=O. The minimum Gasteiger partial charge on any atom is -0.380 e. The van der Waals surface area contributed by atoms with Crippen LogP contribution in [0.25, 0.3) is 0 Å². The van der Waals surface area contributed by atoms with Crippen LogP contribution >= 0.6 is 11.6 Å². The quantitative estimate of drug-likeness (QED) is 0.719. The van der Waals surface area contributed by atoms with Gasteiger partial charge in [0.05, 0.1) is 6.61 Å². The molecule has 0 radical (unpaired) electrons. The van der Waals surface area contributed by atoms with Gasteiger partial charge in [0.25, 0.3) is 5.56 Å². The van der Waals surface area contributed by atoms with Gasteiger partial charge in [-0.05, 0) is 12.3 Å². The van der Waals surface area contributed by atoms with Crippen LogP contribution in [-0.4, -0.2) is 22.8 Å². The zero-order chi connectivity index (χ0) is 12.0. The molecule has 0 aliphatic rings. The summed E-state index contributed by atoms with van der Waals surface area (Å²) in [6.07, 6.45) is 4.16. The van der Waals surface area contributed by atoms with Crippen LogP contribution in [0, 0.1) is 5.92 Å². The van der Waals surface area contributed by atoms with Gasteiger partial charge in [0.2, 0.25) is 0 Å². The van der Waals surface area contributed by atoms with Gasteiger partial charge in [0.15, 0.2) is 5.15 Å². The first-order valence-corrected chi connectivity index (χ1v) is 5.77. The van der Waals surface area contributed by atoms with Gasteiger partial charge in [-0.2, -0.15) is 0 Å². The van der Waals surface area contributed by atoms with Crippen molar-refractivity contribution in [3.8, 4) is 0 Å². The largest absolute Gasteiger partial charge is 0.380 e. The fraction of sp³-hybridized carbons (Fsp3) is 0.636. The Labute approximate surface area is 100 Å². The van der Waals surface area contributed by atoms with Crippen LogP contribution in [0.15, 0.2) is 17.2 Å². The Morgan fingerprint density at radius 3 is 2.94 bits per heavy atom. The molecule has 0 spiro atoms. The normalized spacial score (nSPS) is 11.0.